The number of imidazole rings is 1. The molecule has 0 bridgehead atoms. The van der Waals surface area contributed by atoms with Gasteiger partial charge in [-0.25, -0.2) is 9.78 Å². The summed E-state index contributed by atoms with van der Waals surface area (Å²) in [4.78, 5) is 29.4. The third-order valence-electron chi connectivity index (χ3n) is 2.85. The van der Waals surface area contributed by atoms with Gasteiger partial charge in [-0.2, -0.15) is 0 Å². The predicted octanol–water partition coefficient (Wildman–Crippen LogP) is 0.998. The number of carbonyl (C=O) groups is 2. The molecule has 1 aromatic heterocycles. The van der Waals surface area contributed by atoms with Crippen LogP contribution in [0.15, 0.2) is 12.5 Å². The number of nitrogens with one attached hydrogen (secondary N) is 3. The van der Waals surface area contributed by atoms with Crippen LogP contribution in [0.5, 0.6) is 0 Å². The van der Waals surface area contributed by atoms with E-state index in [1.807, 2.05) is 13.8 Å². The largest absolute Gasteiger partial charge is 0.481 e. The molecule has 1 atom stereocenters. The molecule has 0 aromatic carbocycles. The average molecular weight is 282 g/mol. The van der Waals surface area contributed by atoms with Gasteiger partial charge >= 0.3 is 12.0 Å². The van der Waals surface area contributed by atoms with Gasteiger partial charge in [-0.05, 0) is 12.3 Å². The van der Waals surface area contributed by atoms with E-state index in [1.165, 1.54) is 0 Å². The molecule has 4 N–H and O–H groups in total. The quantitative estimate of drug-likeness (QED) is 0.570. The Kier molecular flexibility index (Phi) is 6.55. The fraction of sp³-hybridized carbons (Fsp3) is 0.615. The van der Waals surface area contributed by atoms with Crippen LogP contribution in [0.2, 0.25) is 0 Å². The second-order valence-electron chi connectivity index (χ2n) is 5.13. The van der Waals surface area contributed by atoms with E-state index in [0.717, 1.165) is 5.69 Å². The Morgan fingerprint density at radius 1 is 1.40 bits per heavy atom. The Hall–Kier alpha value is -2.05. The third kappa shape index (κ3) is 6.21. The number of urea groups is 1. The molecule has 0 aliphatic carbocycles. The first-order chi connectivity index (χ1) is 9.49. The summed E-state index contributed by atoms with van der Waals surface area (Å²) in [5.74, 6) is -1.15. The fourth-order valence-electron chi connectivity index (χ4n) is 1.85. The summed E-state index contributed by atoms with van der Waals surface area (Å²) in [5.41, 5.74) is 0.938. The number of aliphatic carboxylic acids is 1. The number of aromatic amines is 1. The van der Waals surface area contributed by atoms with Crippen molar-refractivity contribution in [3.8, 4) is 0 Å². The summed E-state index contributed by atoms with van der Waals surface area (Å²) in [6.07, 6.45) is 4.48. The van der Waals surface area contributed by atoms with Crippen molar-refractivity contribution in [2.24, 2.45) is 11.8 Å². The van der Waals surface area contributed by atoms with Gasteiger partial charge in [-0.3, -0.25) is 4.79 Å². The Morgan fingerprint density at radius 3 is 2.70 bits per heavy atom. The second-order valence-corrected chi connectivity index (χ2v) is 5.13. The Morgan fingerprint density at radius 2 is 2.15 bits per heavy atom. The normalized spacial score (nSPS) is 12.2. The molecule has 0 spiro atoms. The van der Waals surface area contributed by atoms with Crippen molar-refractivity contribution in [1.82, 2.24) is 20.6 Å². The van der Waals surface area contributed by atoms with Gasteiger partial charge in [-0.15, -0.1) is 0 Å². The monoisotopic (exact) mass is 282 g/mol. The molecular formula is C13H22N4O3. The Balaban J connectivity index is 2.22. The van der Waals surface area contributed by atoms with Gasteiger partial charge in [0, 0.05) is 31.4 Å². The van der Waals surface area contributed by atoms with Crippen LogP contribution < -0.4 is 10.6 Å². The lowest BCUT2D eigenvalue weighted by Crippen LogP contribution is -2.40. The topological polar surface area (TPSA) is 107 Å². The highest BCUT2D eigenvalue weighted by Gasteiger charge is 2.19. The molecule has 1 heterocycles. The molecule has 0 fully saturated rings. The van der Waals surface area contributed by atoms with Crippen molar-refractivity contribution in [1.29, 1.82) is 0 Å². The predicted molar refractivity (Wildman–Crippen MR) is 74.3 cm³/mol. The van der Waals surface area contributed by atoms with Crippen molar-refractivity contribution >= 4 is 12.0 Å². The first-order valence-corrected chi connectivity index (χ1v) is 6.70. The standard InChI is InChI=1S/C13H22N4O3/c1-9(2)5-10(12(18)19)6-16-13(20)15-4-3-11-7-14-8-17-11/h7-10H,3-6H2,1-2H3,(H,14,17)(H,18,19)(H2,15,16,20). The number of rotatable bonds is 8. The van der Waals surface area contributed by atoms with Crippen molar-refractivity contribution < 1.29 is 14.7 Å². The number of carboxylic acid groups (broad SMARTS) is 1. The molecule has 1 aromatic rings. The SMILES string of the molecule is CC(C)CC(CNC(=O)NCCc1cnc[nH]1)C(=O)O. The van der Waals surface area contributed by atoms with Crippen molar-refractivity contribution in [2.75, 3.05) is 13.1 Å². The van der Waals surface area contributed by atoms with E-state index < -0.39 is 11.9 Å². The molecular weight excluding hydrogens is 260 g/mol. The molecule has 0 saturated heterocycles. The van der Waals surface area contributed by atoms with Gasteiger partial charge in [0.05, 0.1) is 12.2 Å². The van der Waals surface area contributed by atoms with Crippen LogP contribution in [0.3, 0.4) is 0 Å². The smallest absolute Gasteiger partial charge is 0.314 e. The van der Waals surface area contributed by atoms with Gasteiger partial charge in [0.15, 0.2) is 0 Å². The number of carboxylic acids is 1. The zero-order chi connectivity index (χ0) is 15.0. The molecule has 2 amide bonds. The molecule has 112 valence electrons. The van der Waals surface area contributed by atoms with Gasteiger partial charge in [0.2, 0.25) is 0 Å². The number of aromatic nitrogens is 2. The minimum absolute atomic E-state index is 0.142. The highest BCUT2D eigenvalue weighted by atomic mass is 16.4. The zero-order valence-corrected chi connectivity index (χ0v) is 11.8. The van der Waals surface area contributed by atoms with E-state index in [0.29, 0.717) is 19.4 Å². The summed E-state index contributed by atoms with van der Waals surface area (Å²) in [5, 5.41) is 14.3. The molecule has 0 saturated carbocycles. The van der Waals surface area contributed by atoms with Crippen molar-refractivity contribution in [2.45, 2.75) is 26.7 Å². The lowest BCUT2D eigenvalue weighted by atomic mass is 9.97. The molecule has 7 nitrogen and oxygen atoms in total. The van der Waals surface area contributed by atoms with E-state index in [1.54, 1.807) is 12.5 Å². The number of H-pyrrole nitrogens is 1. The Bertz CT molecular complexity index is 417. The maximum Gasteiger partial charge on any atom is 0.314 e. The second kappa shape index (κ2) is 8.19. The van der Waals surface area contributed by atoms with Crippen LogP contribution in [0, 0.1) is 11.8 Å². The van der Waals surface area contributed by atoms with Crippen LogP contribution in [-0.4, -0.2) is 40.2 Å². The van der Waals surface area contributed by atoms with Crippen LogP contribution in [-0.2, 0) is 11.2 Å². The summed E-state index contributed by atoms with van der Waals surface area (Å²) < 4.78 is 0. The first-order valence-electron chi connectivity index (χ1n) is 6.70. The van der Waals surface area contributed by atoms with Crippen LogP contribution in [0.25, 0.3) is 0 Å². The van der Waals surface area contributed by atoms with Crippen LogP contribution >= 0.6 is 0 Å². The molecule has 20 heavy (non-hydrogen) atoms. The zero-order valence-electron chi connectivity index (χ0n) is 11.8. The van der Waals surface area contributed by atoms with Gasteiger partial charge < -0.3 is 20.7 Å². The minimum atomic E-state index is -0.878. The highest BCUT2D eigenvalue weighted by molar-refractivity contribution is 5.75. The van der Waals surface area contributed by atoms with Crippen LogP contribution in [0.4, 0.5) is 4.79 Å². The fourth-order valence-corrected chi connectivity index (χ4v) is 1.85. The summed E-state index contributed by atoms with van der Waals surface area (Å²) >= 11 is 0. The maximum atomic E-state index is 11.5. The lowest BCUT2D eigenvalue weighted by Gasteiger charge is -2.15. The summed E-state index contributed by atoms with van der Waals surface area (Å²) in [6, 6.07) is -0.348. The highest BCUT2D eigenvalue weighted by Crippen LogP contribution is 2.10. The van der Waals surface area contributed by atoms with Gasteiger partial charge in [0.25, 0.3) is 0 Å². The van der Waals surface area contributed by atoms with E-state index in [4.69, 9.17) is 5.11 Å². The van der Waals surface area contributed by atoms with E-state index >= 15 is 0 Å². The summed E-state index contributed by atoms with van der Waals surface area (Å²) in [7, 11) is 0. The lowest BCUT2D eigenvalue weighted by molar-refractivity contribution is -0.142. The van der Waals surface area contributed by atoms with Gasteiger partial charge in [-0.1, -0.05) is 13.8 Å². The molecule has 1 unspecified atom stereocenters. The first kappa shape index (κ1) is 16.0. The minimum Gasteiger partial charge on any atom is -0.481 e. The van der Waals surface area contributed by atoms with Crippen molar-refractivity contribution in [3.05, 3.63) is 18.2 Å². The van der Waals surface area contributed by atoms with Crippen LogP contribution in [0.1, 0.15) is 26.0 Å². The molecule has 0 aliphatic rings. The molecule has 7 heteroatoms. The van der Waals surface area contributed by atoms with E-state index in [-0.39, 0.29) is 18.5 Å². The molecule has 0 aliphatic heterocycles. The van der Waals surface area contributed by atoms with Crippen molar-refractivity contribution in [3.63, 3.8) is 0 Å². The summed E-state index contributed by atoms with van der Waals surface area (Å²) in [6.45, 7) is 4.53. The Labute approximate surface area is 118 Å². The number of carbonyl (C=O) groups excluding carboxylic acids is 1. The third-order valence-corrected chi connectivity index (χ3v) is 2.85. The maximum absolute atomic E-state index is 11.5. The van der Waals surface area contributed by atoms with Gasteiger partial charge in [0.1, 0.15) is 0 Å². The van der Waals surface area contributed by atoms with E-state index in [9.17, 15) is 9.59 Å². The number of hydrogen-bond acceptors (Lipinski definition) is 3. The average Bonchev–Trinajstić information content (AvgIpc) is 2.86. The number of hydrogen-bond donors (Lipinski definition) is 4. The molecule has 1 rings (SSSR count). The van der Waals surface area contributed by atoms with E-state index in [2.05, 4.69) is 20.6 Å². The number of nitrogens with zero attached hydrogens (tertiary/aromatic N) is 1. The number of amides is 2. The molecule has 0 radical (unpaired) electrons.